The molecule has 0 nitrogen and oxygen atoms in total. The van der Waals surface area contributed by atoms with Crippen molar-refractivity contribution in [1.29, 1.82) is 0 Å². The van der Waals surface area contributed by atoms with Gasteiger partial charge in [-0.3, -0.25) is 0 Å². The molecule has 0 aliphatic rings. The van der Waals surface area contributed by atoms with Gasteiger partial charge in [0, 0.05) is 11.0 Å². The van der Waals surface area contributed by atoms with Gasteiger partial charge in [0.05, 0.1) is 0 Å². The van der Waals surface area contributed by atoms with Crippen LogP contribution in [-0.2, 0) is 0 Å². The van der Waals surface area contributed by atoms with Crippen LogP contribution in [0.4, 0.5) is 0 Å². The minimum atomic E-state index is 0.572. The van der Waals surface area contributed by atoms with Gasteiger partial charge in [0.25, 0.3) is 0 Å². The summed E-state index contributed by atoms with van der Waals surface area (Å²) < 4.78 is 0. The molecule has 1 heteroatoms. The van der Waals surface area contributed by atoms with E-state index in [0.717, 1.165) is 5.75 Å². The molecule has 0 bridgehead atoms. The first-order valence-electron chi connectivity index (χ1n) is 3.06. The molecule has 0 aromatic carbocycles. The van der Waals surface area contributed by atoms with Gasteiger partial charge in [-0.15, -0.1) is 6.58 Å². The molecule has 0 radical (unpaired) electrons. The highest BCUT2D eigenvalue weighted by Gasteiger charge is 1.98. The SMILES string of the molecule is C=CCSC(C)C(=C)C. The van der Waals surface area contributed by atoms with E-state index >= 15 is 0 Å². The standard InChI is InChI=1S/C8H14S/c1-5-6-9-8(4)7(2)3/h5,8H,1-2,6H2,3-4H3. The van der Waals surface area contributed by atoms with Crippen molar-refractivity contribution in [3.05, 3.63) is 24.8 Å². The lowest BCUT2D eigenvalue weighted by Crippen LogP contribution is -1.96. The fourth-order valence-electron chi connectivity index (χ4n) is 0.355. The maximum atomic E-state index is 3.85. The molecule has 0 N–H and O–H groups in total. The molecule has 0 amide bonds. The van der Waals surface area contributed by atoms with Crippen LogP contribution in [-0.4, -0.2) is 11.0 Å². The lowest BCUT2D eigenvalue weighted by molar-refractivity contribution is 1.13. The van der Waals surface area contributed by atoms with Crippen LogP contribution >= 0.6 is 11.8 Å². The smallest absolute Gasteiger partial charge is 0.0225 e. The highest BCUT2D eigenvalue weighted by molar-refractivity contribution is 8.00. The van der Waals surface area contributed by atoms with Crippen molar-refractivity contribution in [2.45, 2.75) is 19.1 Å². The van der Waals surface area contributed by atoms with Gasteiger partial charge in [-0.1, -0.05) is 18.2 Å². The summed E-state index contributed by atoms with van der Waals surface area (Å²) in [6.45, 7) is 11.7. The van der Waals surface area contributed by atoms with Gasteiger partial charge in [-0.05, 0) is 13.8 Å². The lowest BCUT2D eigenvalue weighted by Gasteiger charge is -2.07. The fraction of sp³-hybridized carbons (Fsp3) is 0.500. The van der Waals surface area contributed by atoms with E-state index in [1.807, 2.05) is 17.8 Å². The Balaban J connectivity index is 3.37. The topological polar surface area (TPSA) is 0 Å². The molecule has 0 aromatic rings. The van der Waals surface area contributed by atoms with Gasteiger partial charge < -0.3 is 0 Å². The van der Waals surface area contributed by atoms with Crippen molar-refractivity contribution >= 4 is 11.8 Å². The maximum absolute atomic E-state index is 3.85. The predicted molar refractivity (Wildman–Crippen MR) is 46.9 cm³/mol. The van der Waals surface area contributed by atoms with Crippen molar-refractivity contribution in [1.82, 2.24) is 0 Å². The average molecular weight is 142 g/mol. The predicted octanol–water partition coefficient (Wildman–Crippen LogP) is 2.87. The summed E-state index contributed by atoms with van der Waals surface area (Å²) in [5.74, 6) is 1.02. The summed E-state index contributed by atoms with van der Waals surface area (Å²) in [6, 6.07) is 0. The summed E-state index contributed by atoms with van der Waals surface area (Å²) in [7, 11) is 0. The van der Waals surface area contributed by atoms with Crippen LogP contribution < -0.4 is 0 Å². The van der Waals surface area contributed by atoms with Crippen molar-refractivity contribution in [3.8, 4) is 0 Å². The van der Waals surface area contributed by atoms with Gasteiger partial charge >= 0.3 is 0 Å². The van der Waals surface area contributed by atoms with Crippen molar-refractivity contribution in [2.75, 3.05) is 5.75 Å². The van der Waals surface area contributed by atoms with Crippen molar-refractivity contribution in [3.63, 3.8) is 0 Å². The Morgan fingerprint density at radius 1 is 1.78 bits per heavy atom. The summed E-state index contributed by atoms with van der Waals surface area (Å²) >= 11 is 1.87. The largest absolute Gasteiger partial charge is 0.150 e. The van der Waals surface area contributed by atoms with Crippen molar-refractivity contribution < 1.29 is 0 Å². The number of hydrogen-bond donors (Lipinski definition) is 0. The Labute approximate surface area is 62.0 Å². The Hall–Kier alpha value is -0.170. The second kappa shape index (κ2) is 4.68. The normalized spacial score (nSPS) is 12.7. The molecule has 0 saturated carbocycles. The molecular weight excluding hydrogens is 128 g/mol. The van der Waals surface area contributed by atoms with E-state index in [4.69, 9.17) is 0 Å². The first-order chi connectivity index (χ1) is 4.18. The van der Waals surface area contributed by atoms with E-state index in [9.17, 15) is 0 Å². The zero-order valence-corrected chi connectivity index (χ0v) is 7.00. The number of rotatable bonds is 4. The first kappa shape index (κ1) is 8.83. The highest BCUT2D eigenvalue weighted by atomic mass is 32.2. The fourth-order valence-corrected chi connectivity index (χ4v) is 1.06. The van der Waals surface area contributed by atoms with E-state index in [-0.39, 0.29) is 0 Å². The first-order valence-corrected chi connectivity index (χ1v) is 4.11. The third-order valence-electron chi connectivity index (χ3n) is 1.16. The number of thioether (sulfide) groups is 1. The summed E-state index contributed by atoms with van der Waals surface area (Å²) in [5, 5.41) is 0.572. The van der Waals surface area contributed by atoms with Gasteiger partial charge in [0.15, 0.2) is 0 Å². The van der Waals surface area contributed by atoms with Crippen LogP contribution in [0.2, 0.25) is 0 Å². The Morgan fingerprint density at radius 3 is 2.67 bits per heavy atom. The van der Waals surface area contributed by atoms with Crippen LogP contribution in [0.25, 0.3) is 0 Å². The average Bonchev–Trinajstić information content (AvgIpc) is 1.82. The molecule has 1 unspecified atom stereocenters. The molecule has 0 rings (SSSR count). The molecule has 0 spiro atoms. The zero-order chi connectivity index (χ0) is 7.28. The number of hydrogen-bond acceptors (Lipinski definition) is 1. The minimum absolute atomic E-state index is 0.572. The molecule has 0 saturated heterocycles. The molecule has 52 valence electrons. The van der Waals surface area contributed by atoms with Crippen LogP contribution in [0.15, 0.2) is 24.8 Å². The second-order valence-electron chi connectivity index (χ2n) is 2.11. The quantitative estimate of drug-likeness (QED) is 0.544. The molecule has 0 aliphatic carbocycles. The zero-order valence-electron chi connectivity index (χ0n) is 6.18. The van der Waals surface area contributed by atoms with E-state index in [1.165, 1.54) is 5.57 Å². The third-order valence-corrected chi connectivity index (χ3v) is 2.49. The maximum Gasteiger partial charge on any atom is 0.0225 e. The molecule has 0 aliphatic heterocycles. The van der Waals surface area contributed by atoms with Crippen molar-refractivity contribution in [2.24, 2.45) is 0 Å². The molecule has 0 heterocycles. The lowest BCUT2D eigenvalue weighted by atomic mass is 10.3. The van der Waals surface area contributed by atoms with Crippen LogP contribution in [0.5, 0.6) is 0 Å². The Kier molecular flexibility index (Phi) is 4.60. The second-order valence-corrected chi connectivity index (χ2v) is 3.48. The summed E-state index contributed by atoms with van der Waals surface area (Å²) in [6.07, 6.45) is 1.92. The van der Waals surface area contributed by atoms with Gasteiger partial charge in [0.2, 0.25) is 0 Å². The van der Waals surface area contributed by atoms with E-state index in [0.29, 0.717) is 5.25 Å². The summed E-state index contributed by atoms with van der Waals surface area (Å²) in [5.41, 5.74) is 1.24. The molecule has 0 fully saturated rings. The Morgan fingerprint density at radius 2 is 2.33 bits per heavy atom. The molecule has 9 heavy (non-hydrogen) atoms. The highest BCUT2D eigenvalue weighted by Crippen LogP contribution is 2.16. The Bertz CT molecular complexity index is 105. The monoisotopic (exact) mass is 142 g/mol. The van der Waals surface area contributed by atoms with E-state index in [1.54, 1.807) is 0 Å². The van der Waals surface area contributed by atoms with Gasteiger partial charge in [-0.2, -0.15) is 11.8 Å². The van der Waals surface area contributed by atoms with Gasteiger partial charge in [-0.25, -0.2) is 0 Å². The van der Waals surface area contributed by atoms with Crippen LogP contribution in [0.1, 0.15) is 13.8 Å². The third kappa shape index (κ3) is 4.34. The van der Waals surface area contributed by atoms with Gasteiger partial charge in [0.1, 0.15) is 0 Å². The molecule has 1 atom stereocenters. The summed E-state index contributed by atoms with van der Waals surface area (Å²) in [4.78, 5) is 0. The van der Waals surface area contributed by atoms with Crippen LogP contribution in [0, 0.1) is 0 Å². The van der Waals surface area contributed by atoms with E-state index in [2.05, 4.69) is 27.0 Å². The van der Waals surface area contributed by atoms with E-state index < -0.39 is 0 Å². The minimum Gasteiger partial charge on any atom is -0.150 e. The molecule has 0 aromatic heterocycles. The molecular formula is C8H14S. The van der Waals surface area contributed by atoms with Crippen LogP contribution in [0.3, 0.4) is 0 Å².